The summed E-state index contributed by atoms with van der Waals surface area (Å²) in [5, 5.41) is 0. The SMILES string of the molecule is CN1CCN(CC(N)CSc2ccccc2)CC1. The molecule has 3 nitrogen and oxygen atoms in total. The third kappa shape index (κ3) is 4.61. The molecule has 0 aromatic heterocycles. The van der Waals surface area contributed by atoms with E-state index in [-0.39, 0.29) is 6.04 Å². The topological polar surface area (TPSA) is 32.5 Å². The first-order valence-electron chi connectivity index (χ1n) is 6.58. The van der Waals surface area contributed by atoms with E-state index in [0.29, 0.717) is 0 Å². The molecular formula is C14H23N3S. The number of benzene rings is 1. The van der Waals surface area contributed by atoms with Crippen LogP contribution in [0.4, 0.5) is 0 Å². The van der Waals surface area contributed by atoms with Crippen molar-refractivity contribution < 1.29 is 0 Å². The summed E-state index contributed by atoms with van der Waals surface area (Å²) in [6.45, 7) is 5.66. The average Bonchev–Trinajstić information content (AvgIpc) is 2.40. The fourth-order valence-electron chi connectivity index (χ4n) is 2.13. The van der Waals surface area contributed by atoms with E-state index in [0.717, 1.165) is 25.4 Å². The van der Waals surface area contributed by atoms with E-state index in [1.54, 1.807) is 0 Å². The van der Waals surface area contributed by atoms with Gasteiger partial charge in [0.15, 0.2) is 0 Å². The highest BCUT2D eigenvalue weighted by Crippen LogP contribution is 2.17. The minimum Gasteiger partial charge on any atom is -0.326 e. The number of thioether (sulfide) groups is 1. The maximum absolute atomic E-state index is 6.21. The van der Waals surface area contributed by atoms with Crippen LogP contribution in [0.3, 0.4) is 0 Å². The molecule has 18 heavy (non-hydrogen) atoms. The number of hydrogen-bond donors (Lipinski definition) is 1. The summed E-state index contributed by atoms with van der Waals surface area (Å²) in [5.41, 5.74) is 6.21. The van der Waals surface area contributed by atoms with Crippen LogP contribution in [0.1, 0.15) is 0 Å². The lowest BCUT2D eigenvalue weighted by Gasteiger charge is -2.33. The number of rotatable bonds is 5. The zero-order valence-electron chi connectivity index (χ0n) is 11.1. The van der Waals surface area contributed by atoms with Gasteiger partial charge in [0.25, 0.3) is 0 Å². The van der Waals surface area contributed by atoms with E-state index in [1.165, 1.54) is 18.0 Å². The van der Waals surface area contributed by atoms with Gasteiger partial charge >= 0.3 is 0 Å². The van der Waals surface area contributed by atoms with Crippen LogP contribution in [0.5, 0.6) is 0 Å². The third-order valence-electron chi connectivity index (χ3n) is 3.30. The summed E-state index contributed by atoms with van der Waals surface area (Å²) in [6, 6.07) is 10.8. The highest BCUT2D eigenvalue weighted by atomic mass is 32.2. The summed E-state index contributed by atoms with van der Waals surface area (Å²) in [7, 11) is 2.18. The highest BCUT2D eigenvalue weighted by molar-refractivity contribution is 7.99. The molecule has 0 amide bonds. The van der Waals surface area contributed by atoms with Gasteiger partial charge in [0, 0.05) is 49.4 Å². The minimum atomic E-state index is 0.263. The van der Waals surface area contributed by atoms with Crippen LogP contribution in [-0.4, -0.2) is 61.4 Å². The number of nitrogens with two attached hydrogens (primary N) is 1. The van der Waals surface area contributed by atoms with E-state index in [2.05, 4.69) is 41.1 Å². The second-order valence-electron chi connectivity index (χ2n) is 4.99. The van der Waals surface area contributed by atoms with E-state index in [4.69, 9.17) is 5.73 Å². The second kappa shape index (κ2) is 7.14. The molecule has 1 aliphatic rings. The van der Waals surface area contributed by atoms with Crippen molar-refractivity contribution in [1.29, 1.82) is 0 Å². The van der Waals surface area contributed by atoms with Crippen LogP contribution in [-0.2, 0) is 0 Å². The normalized spacial score (nSPS) is 19.9. The monoisotopic (exact) mass is 265 g/mol. The highest BCUT2D eigenvalue weighted by Gasteiger charge is 2.16. The fourth-order valence-corrected chi connectivity index (χ4v) is 3.00. The van der Waals surface area contributed by atoms with Crippen LogP contribution >= 0.6 is 11.8 Å². The Hall–Kier alpha value is -0.550. The fraction of sp³-hybridized carbons (Fsp3) is 0.571. The van der Waals surface area contributed by atoms with Gasteiger partial charge in [-0.15, -0.1) is 11.8 Å². The van der Waals surface area contributed by atoms with Gasteiger partial charge in [-0.2, -0.15) is 0 Å². The molecule has 0 spiro atoms. The van der Waals surface area contributed by atoms with E-state index in [9.17, 15) is 0 Å². The van der Waals surface area contributed by atoms with Crippen molar-refractivity contribution >= 4 is 11.8 Å². The van der Waals surface area contributed by atoms with Crippen molar-refractivity contribution in [2.24, 2.45) is 5.73 Å². The van der Waals surface area contributed by atoms with E-state index >= 15 is 0 Å². The molecule has 1 atom stereocenters. The predicted molar refractivity (Wildman–Crippen MR) is 79.1 cm³/mol. The minimum absolute atomic E-state index is 0.263. The second-order valence-corrected chi connectivity index (χ2v) is 6.08. The van der Waals surface area contributed by atoms with E-state index in [1.807, 2.05) is 17.8 Å². The largest absolute Gasteiger partial charge is 0.326 e. The molecule has 0 radical (unpaired) electrons. The van der Waals surface area contributed by atoms with Crippen molar-refractivity contribution in [3.63, 3.8) is 0 Å². The molecule has 1 aromatic rings. The summed E-state index contributed by atoms with van der Waals surface area (Å²) in [5.74, 6) is 0.996. The maximum Gasteiger partial charge on any atom is 0.0263 e. The van der Waals surface area contributed by atoms with E-state index < -0.39 is 0 Å². The van der Waals surface area contributed by atoms with Gasteiger partial charge in [-0.3, -0.25) is 4.90 Å². The Morgan fingerprint density at radius 1 is 1.17 bits per heavy atom. The molecule has 0 aliphatic carbocycles. The molecule has 1 unspecified atom stereocenters. The van der Waals surface area contributed by atoms with Gasteiger partial charge in [-0.1, -0.05) is 18.2 Å². The van der Waals surface area contributed by atoms with Gasteiger partial charge in [0.1, 0.15) is 0 Å². The quantitative estimate of drug-likeness (QED) is 0.815. The van der Waals surface area contributed by atoms with Gasteiger partial charge in [0.2, 0.25) is 0 Å². The number of nitrogens with zero attached hydrogens (tertiary/aromatic N) is 2. The molecule has 2 rings (SSSR count). The lowest BCUT2D eigenvalue weighted by atomic mass is 10.2. The number of hydrogen-bond acceptors (Lipinski definition) is 4. The first-order chi connectivity index (χ1) is 8.74. The molecule has 1 aromatic carbocycles. The Balaban J connectivity index is 1.67. The first-order valence-corrected chi connectivity index (χ1v) is 7.57. The Kier molecular flexibility index (Phi) is 5.50. The molecule has 2 N–H and O–H groups in total. The summed E-state index contributed by atoms with van der Waals surface area (Å²) in [4.78, 5) is 6.17. The number of piperazine rings is 1. The van der Waals surface area contributed by atoms with Crippen molar-refractivity contribution in [3.8, 4) is 0 Å². The van der Waals surface area contributed by atoms with Crippen molar-refractivity contribution in [2.45, 2.75) is 10.9 Å². The van der Waals surface area contributed by atoms with Gasteiger partial charge < -0.3 is 10.6 Å². The molecule has 1 fully saturated rings. The van der Waals surface area contributed by atoms with Crippen LogP contribution in [0.25, 0.3) is 0 Å². The molecule has 1 heterocycles. The Labute approximate surface area is 114 Å². The summed E-state index contributed by atoms with van der Waals surface area (Å²) in [6.07, 6.45) is 0. The molecule has 4 heteroatoms. The Morgan fingerprint density at radius 2 is 1.83 bits per heavy atom. The first kappa shape index (κ1) is 13.9. The standard InChI is InChI=1S/C14H23N3S/c1-16-7-9-17(10-8-16)11-13(15)12-18-14-5-3-2-4-6-14/h2-6,13H,7-12,15H2,1H3. The third-order valence-corrected chi connectivity index (χ3v) is 4.50. The van der Waals surface area contributed by atoms with Crippen LogP contribution in [0.2, 0.25) is 0 Å². The Bertz CT molecular complexity index is 336. The smallest absolute Gasteiger partial charge is 0.0263 e. The molecule has 100 valence electrons. The molecule has 0 saturated carbocycles. The van der Waals surface area contributed by atoms with Gasteiger partial charge in [-0.25, -0.2) is 0 Å². The zero-order valence-corrected chi connectivity index (χ0v) is 11.9. The van der Waals surface area contributed by atoms with Crippen LogP contribution < -0.4 is 5.73 Å². The lowest BCUT2D eigenvalue weighted by molar-refractivity contribution is 0.150. The molecular weight excluding hydrogens is 242 g/mol. The predicted octanol–water partition coefficient (Wildman–Crippen LogP) is 1.35. The molecule has 1 saturated heterocycles. The maximum atomic E-state index is 6.21. The van der Waals surface area contributed by atoms with Crippen molar-refractivity contribution in [1.82, 2.24) is 9.80 Å². The van der Waals surface area contributed by atoms with Gasteiger partial charge in [0.05, 0.1) is 0 Å². The summed E-state index contributed by atoms with van der Waals surface area (Å²) >= 11 is 1.86. The molecule has 0 bridgehead atoms. The average molecular weight is 265 g/mol. The zero-order chi connectivity index (χ0) is 12.8. The van der Waals surface area contributed by atoms with Crippen LogP contribution in [0, 0.1) is 0 Å². The number of likely N-dealkylation sites (N-methyl/N-ethyl adjacent to an activating group) is 1. The summed E-state index contributed by atoms with van der Waals surface area (Å²) < 4.78 is 0. The van der Waals surface area contributed by atoms with Gasteiger partial charge in [-0.05, 0) is 19.2 Å². The Morgan fingerprint density at radius 3 is 2.50 bits per heavy atom. The molecule has 1 aliphatic heterocycles. The van der Waals surface area contributed by atoms with Crippen molar-refractivity contribution in [2.75, 3.05) is 45.5 Å². The lowest BCUT2D eigenvalue weighted by Crippen LogP contribution is -2.49. The van der Waals surface area contributed by atoms with Crippen molar-refractivity contribution in [3.05, 3.63) is 30.3 Å². The van der Waals surface area contributed by atoms with Crippen LogP contribution in [0.15, 0.2) is 35.2 Å².